The maximum absolute atomic E-state index is 14.3. The Bertz CT molecular complexity index is 1680. The van der Waals surface area contributed by atoms with Crippen molar-refractivity contribution in [2.45, 2.75) is 62.7 Å². The number of aromatic amines is 1. The van der Waals surface area contributed by atoms with Crippen LogP contribution in [0, 0.1) is 5.82 Å². The van der Waals surface area contributed by atoms with E-state index in [0.717, 1.165) is 22.3 Å². The van der Waals surface area contributed by atoms with E-state index in [1.807, 2.05) is 30.3 Å². The summed E-state index contributed by atoms with van der Waals surface area (Å²) < 4.78 is 52.1. The van der Waals surface area contributed by atoms with Gasteiger partial charge in [0.2, 0.25) is 0 Å². The Morgan fingerprint density at radius 3 is 2.58 bits per heavy atom. The summed E-state index contributed by atoms with van der Waals surface area (Å²) in [5.74, 6) is -1.15. The first-order valence-corrected chi connectivity index (χ1v) is 16.7. The minimum Gasteiger partial charge on any atom is -0.459 e. The van der Waals surface area contributed by atoms with E-state index < -0.39 is 61.4 Å². The first kappa shape index (κ1) is 33.0. The largest absolute Gasteiger partial charge is 0.459 e. The molecule has 1 saturated heterocycles. The summed E-state index contributed by atoms with van der Waals surface area (Å²) in [4.78, 5) is 41.7. The molecule has 0 bridgehead atoms. The molecule has 5 rings (SSSR count). The predicted octanol–water partition coefficient (Wildman–Crippen LogP) is 4.54. The lowest BCUT2D eigenvalue weighted by atomic mass is 10.00. The molecule has 0 amide bonds. The van der Waals surface area contributed by atoms with Gasteiger partial charge >= 0.3 is 19.4 Å². The summed E-state index contributed by atoms with van der Waals surface area (Å²) in [5, 5.41) is 13.6. The van der Waals surface area contributed by atoms with E-state index in [4.69, 9.17) is 18.5 Å². The van der Waals surface area contributed by atoms with Crippen molar-refractivity contribution in [3.63, 3.8) is 0 Å². The fourth-order valence-electron chi connectivity index (χ4n) is 5.29. The third-order valence-corrected chi connectivity index (χ3v) is 9.52. The number of ether oxygens (including phenoxy) is 2. The fourth-order valence-corrected chi connectivity index (χ4v) is 7.32. The molecule has 0 radical (unpaired) electrons. The molecular weight excluding hydrogens is 676 g/mol. The Morgan fingerprint density at radius 2 is 1.89 bits per heavy atom. The smallest absolute Gasteiger partial charge is 0.459 e. The summed E-state index contributed by atoms with van der Waals surface area (Å²) in [6.07, 6.45) is 1.40. The van der Waals surface area contributed by atoms with E-state index in [-0.39, 0.29) is 24.3 Å². The standard InChI is InChI=1S/C30H32BrFN3O9P/c31-15-12-21-17-35(29(39)33-27(21)37)26-16-24(36)25(43-26)19-42-45(40,44-23-10-8-22(32)9-11-23)34-30(13-4-5-14-30)28(38)41-18-20-6-2-1-3-7-20/h1-3,6-12,15,17,24-26,36H,4-5,13-14,16,18-19H2,(H,34,40)(H,33,37,39)/b15-12+/t24-,25?,26-,45?/m1/s1. The minimum absolute atomic E-state index is 0.00778. The van der Waals surface area contributed by atoms with E-state index in [0.29, 0.717) is 25.7 Å². The van der Waals surface area contributed by atoms with Crippen molar-refractivity contribution in [2.24, 2.45) is 0 Å². The van der Waals surface area contributed by atoms with Gasteiger partial charge < -0.3 is 19.1 Å². The molecular formula is C30H32BrFN3O9P. The van der Waals surface area contributed by atoms with Crippen LogP contribution in [0.3, 0.4) is 0 Å². The van der Waals surface area contributed by atoms with E-state index in [1.54, 1.807) is 0 Å². The van der Waals surface area contributed by atoms with Gasteiger partial charge in [-0.05, 0) is 53.7 Å². The number of carbonyl (C=O) groups excluding carboxylic acids is 1. The van der Waals surface area contributed by atoms with E-state index in [2.05, 4.69) is 26.0 Å². The molecule has 3 N–H and O–H groups in total. The highest BCUT2D eigenvalue weighted by atomic mass is 79.9. The molecule has 1 aromatic heterocycles. The summed E-state index contributed by atoms with van der Waals surface area (Å²) in [6, 6.07) is 13.9. The lowest BCUT2D eigenvalue weighted by molar-refractivity contribution is -0.152. The molecule has 1 saturated carbocycles. The summed E-state index contributed by atoms with van der Waals surface area (Å²) in [5.41, 5.74) is -1.79. The van der Waals surface area contributed by atoms with Crippen LogP contribution in [0.1, 0.15) is 49.5 Å². The van der Waals surface area contributed by atoms with Crippen LogP contribution in [0.5, 0.6) is 5.75 Å². The van der Waals surface area contributed by atoms with E-state index in [9.17, 15) is 28.4 Å². The second-order valence-corrected chi connectivity index (χ2v) is 13.0. The number of H-pyrrole nitrogens is 1. The van der Waals surface area contributed by atoms with Crippen molar-refractivity contribution < 1.29 is 37.4 Å². The van der Waals surface area contributed by atoms with Gasteiger partial charge in [0.1, 0.15) is 36.0 Å². The number of carbonyl (C=O) groups is 1. The Morgan fingerprint density at radius 1 is 1.18 bits per heavy atom. The van der Waals surface area contributed by atoms with Crippen LogP contribution in [-0.2, 0) is 30.0 Å². The number of esters is 1. The van der Waals surface area contributed by atoms with Crippen LogP contribution >= 0.6 is 23.7 Å². The average Bonchev–Trinajstić information content (AvgIpc) is 3.65. The second-order valence-electron chi connectivity index (χ2n) is 10.8. The van der Waals surface area contributed by atoms with Crippen molar-refractivity contribution in [3.8, 4) is 5.75 Å². The SMILES string of the molecule is O=C(OCc1ccccc1)C1(NP(=O)(OCC2O[C@@H](n3cc(/C=C/Br)c(=O)[nH]c3=O)C[C@H]2O)Oc2ccc(F)cc2)CCCC1. The second kappa shape index (κ2) is 14.4. The topological polar surface area (TPSA) is 158 Å². The van der Waals surface area contributed by atoms with Crippen LogP contribution in [-0.4, -0.2) is 45.0 Å². The number of aromatic nitrogens is 2. The Kier molecular flexibility index (Phi) is 10.5. The summed E-state index contributed by atoms with van der Waals surface area (Å²) >= 11 is 3.09. The highest BCUT2D eigenvalue weighted by Crippen LogP contribution is 2.50. The maximum Gasteiger partial charge on any atom is 0.459 e. The zero-order valence-corrected chi connectivity index (χ0v) is 26.5. The van der Waals surface area contributed by atoms with E-state index >= 15 is 0 Å². The molecule has 2 fully saturated rings. The van der Waals surface area contributed by atoms with E-state index in [1.165, 1.54) is 29.4 Å². The Hall–Kier alpha value is -3.39. The Balaban J connectivity index is 1.35. The molecule has 0 spiro atoms. The van der Waals surface area contributed by atoms with Crippen LogP contribution < -0.4 is 20.9 Å². The summed E-state index contributed by atoms with van der Waals surface area (Å²) in [7, 11) is -4.42. The van der Waals surface area contributed by atoms with Gasteiger partial charge in [-0.1, -0.05) is 59.1 Å². The molecule has 2 unspecified atom stereocenters. The molecule has 2 aromatic carbocycles. The fraction of sp³-hybridized carbons (Fsp3) is 0.367. The predicted molar refractivity (Wildman–Crippen MR) is 165 cm³/mol. The zero-order valence-electron chi connectivity index (χ0n) is 24.0. The molecule has 2 heterocycles. The lowest BCUT2D eigenvalue weighted by Crippen LogP contribution is -2.50. The quantitative estimate of drug-likeness (QED) is 0.180. The van der Waals surface area contributed by atoms with Crippen molar-refractivity contribution in [1.82, 2.24) is 14.6 Å². The number of aliphatic hydroxyl groups is 1. The molecule has 1 aliphatic heterocycles. The van der Waals surface area contributed by atoms with Crippen molar-refractivity contribution in [2.75, 3.05) is 6.61 Å². The molecule has 45 heavy (non-hydrogen) atoms. The molecule has 3 aromatic rings. The van der Waals surface area contributed by atoms with Gasteiger partial charge in [0.05, 0.1) is 18.3 Å². The van der Waals surface area contributed by atoms with Gasteiger partial charge in [-0.15, -0.1) is 0 Å². The number of hydrogen-bond donors (Lipinski definition) is 3. The number of hydrogen-bond acceptors (Lipinski definition) is 9. The third kappa shape index (κ3) is 8.07. The van der Waals surface area contributed by atoms with Gasteiger partial charge in [-0.25, -0.2) is 13.8 Å². The van der Waals surface area contributed by atoms with Crippen molar-refractivity contribution in [3.05, 3.63) is 104 Å². The number of nitrogens with one attached hydrogen (secondary N) is 2. The molecule has 1 aliphatic carbocycles. The Labute approximate surface area is 265 Å². The zero-order chi connectivity index (χ0) is 32.0. The molecule has 4 atom stereocenters. The first-order chi connectivity index (χ1) is 21.6. The monoisotopic (exact) mass is 707 g/mol. The van der Waals surface area contributed by atoms with Crippen LogP contribution in [0.15, 0.2) is 75.4 Å². The molecule has 240 valence electrons. The minimum atomic E-state index is -4.42. The molecule has 12 nitrogen and oxygen atoms in total. The van der Waals surface area contributed by atoms with Gasteiger partial charge in [0.15, 0.2) is 0 Å². The number of rotatable bonds is 12. The number of aliphatic hydroxyl groups excluding tert-OH is 1. The van der Waals surface area contributed by atoms with Crippen molar-refractivity contribution in [1.29, 1.82) is 0 Å². The number of benzene rings is 2. The highest BCUT2D eigenvalue weighted by Gasteiger charge is 2.50. The van der Waals surface area contributed by atoms with Crippen molar-refractivity contribution >= 4 is 35.7 Å². The van der Waals surface area contributed by atoms with Gasteiger partial charge in [0.25, 0.3) is 5.56 Å². The molecule has 15 heteroatoms. The lowest BCUT2D eigenvalue weighted by Gasteiger charge is -2.32. The van der Waals surface area contributed by atoms with Crippen LogP contribution in [0.4, 0.5) is 4.39 Å². The molecule has 2 aliphatic rings. The highest BCUT2D eigenvalue weighted by molar-refractivity contribution is 9.11. The normalized spacial score (nSPS) is 22.3. The average molecular weight is 708 g/mol. The maximum atomic E-state index is 14.3. The summed E-state index contributed by atoms with van der Waals surface area (Å²) in [6.45, 7) is -0.460. The first-order valence-electron chi connectivity index (χ1n) is 14.3. The van der Waals surface area contributed by atoms with Crippen LogP contribution in [0.25, 0.3) is 6.08 Å². The number of halogens is 2. The van der Waals surface area contributed by atoms with Gasteiger partial charge in [0, 0.05) is 12.6 Å². The van der Waals surface area contributed by atoms with Gasteiger partial charge in [-0.3, -0.25) is 23.7 Å². The van der Waals surface area contributed by atoms with Gasteiger partial charge in [-0.2, -0.15) is 5.09 Å². The van der Waals surface area contributed by atoms with Crippen LogP contribution in [0.2, 0.25) is 0 Å². The third-order valence-electron chi connectivity index (χ3n) is 7.61. The number of nitrogens with zero attached hydrogens (tertiary/aromatic N) is 1.